The van der Waals surface area contributed by atoms with Gasteiger partial charge in [0.25, 0.3) is 5.91 Å². The van der Waals surface area contributed by atoms with E-state index in [1.807, 2.05) is 0 Å². The van der Waals surface area contributed by atoms with E-state index in [1.54, 1.807) is 0 Å². The first-order valence-electron chi connectivity index (χ1n) is 5.33. The van der Waals surface area contributed by atoms with Gasteiger partial charge in [0, 0.05) is 18.8 Å². The largest absolute Gasteiger partial charge is 0.480 e. The van der Waals surface area contributed by atoms with Gasteiger partial charge < -0.3 is 16.2 Å². The Kier molecular flexibility index (Phi) is 5.25. The van der Waals surface area contributed by atoms with Gasteiger partial charge in [-0.3, -0.25) is 14.6 Å². The predicted octanol–water partition coefficient (Wildman–Crippen LogP) is 0.183. The van der Waals surface area contributed by atoms with Crippen LogP contribution in [0.2, 0.25) is 5.02 Å². The molecule has 0 spiro atoms. The van der Waals surface area contributed by atoms with Gasteiger partial charge >= 0.3 is 5.97 Å². The van der Waals surface area contributed by atoms with E-state index in [9.17, 15) is 14.4 Å². The highest BCUT2D eigenvalue weighted by Crippen LogP contribution is 2.13. The lowest BCUT2D eigenvalue weighted by molar-refractivity contribution is -0.139. The Labute approximate surface area is 113 Å². The first-order chi connectivity index (χ1) is 8.91. The van der Waals surface area contributed by atoms with Gasteiger partial charge in [-0.2, -0.15) is 0 Å². The average Bonchev–Trinajstić information content (AvgIpc) is 2.34. The smallest absolute Gasteiger partial charge is 0.326 e. The van der Waals surface area contributed by atoms with Crippen LogP contribution >= 0.6 is 11.6 Å². The summed E-state index contributed by atoms with van der Waals surface area (Å²) in [5.74, 6) is -2.57. The van der Waals surface area contributed by atoms with Crippen LogP contribution in [-0.4, -0.2) is 33.9 Å². The van der Waals surface area contributed by atoms with E-state index in [4.69, 9.17) is 22.4 Å². The molecule has 1 aromatic rings. The maximum absolute atomic E-state index is 11.8. The molecule has 0 aromatic carbocycles. The van der Waals surface area contributed by atoms with Crippen LogP contribution in [0.1, 0.15) is 23.2 Å². The van der Waals surface area contributed by atoms with Crippen LogP contribution in [0, 0.1) is 0 Å². The van der Waals surface area contributed by atoms with Crippen molar-refractivity contribution >= 4 is 29.4 Å². The number of carbonyl (C=O) groups excluding carboxylic acids is 2. The predicted molar refractivity (Wildman–Crippen MR) is 66.6 cm³/mol. The van der Waals surface area contributed by atoms with Gasteiger partial charge in [-0.15, -0.1) is 0 Å². The summed E-state index contributed by atoms with van der Waals surface area (Å²) >= 11 is 5.79. The zero-order chi connectivity index (χ0) is 14.4. The second-order valence-electron chi connectivity index (χ2n) is 3.72. The summed E-state index contributed by atoms with van der Waals surface area (Å²) in [6, 6.07) is 0.201. The van der Waals surface area contributed by atoms with E-state index in [2.05, 4.69) is 10.3 Å². The molecule has 2 amide bonds. The summed E-state index contributed by atoms with van der Waals surface area (Å²) in [5.41, 5.74) is 5.00. The van der Waals surface area contributed by atoms with Crippen molar-refractivity contribution < 1.29 is 19.5 Å². The van der Waals surface area contributed by atoms with Gasteiger partial charge in [0.2, 0.25) is 5.91 Å². The Morgan fingerprint density at radius 1 is 1.47 bits per heavy atom. The normalized spacial score (nSPS) is 11.6. The summed E-state index contributed by atoms with van der Waals surface area (Å²) in [4.78, 5) is 37.1. The van der Waals surface area contributed by atoms with Crippen molar-refractivity contribution in [2.24, 2.45) is 5.73 Å². The minimum absolute atomic E-state index is 0.0643. The second kappa shape index (κ2) is 6.69. The third kappa shape index (κ3) is 4.55. The number of rotatable bonds is 6. The van der Waals surface area contributed by atoms with Crippen LogP contribution in [0.25, 0.3) is 0 Å². The molecule has 4 N–H and O–H groups in total. The topological polar surface area (TPSA) is 122 Å². The van der Waals surface area contributed by atoms with E-state index >= 15 is 0 Å². The van der Waals surface area contributed by atoms with Crippen molar-refractivity contribution in [3.05, 3.63) is 29.0 Å². The minimum Gasteiger partial charge on any atom is -0.480 e. The quantitative estimate of drug-likeness (QED) is 0.688. The number of hydrogen-bond acceptors (Lipinski definition) is 4. The van der Waals surface area contributed by atoms with Crippen molar-refractivity contribution in [3.63, 3.8) is 0 Å². The fourth-order valence-corrected chi connectivity index (χ4v) is 1.52. The molecule has 0 aliphatic heterocycles. The molecule has 8 heteroatoms. The van der Waals surface area contributed by atoms with Crippen LogP contribution in [0.5, 0.6) is 0 Å². The maximum atomic E-state index is 11.8. The van der Waals surface area contributed by atoms with Gasteiger partial charge in [0.1, 0.15) is 6.04 Å². The number of aromatic nitrogens is 1. The fraction of sp³-hybridized carbons (Fsp3) is 0.273. The van der Waals surface area contributed by atoms with Gasteiger partial charge in [-0.25, -0.2) is 4.79 Å². The van der Waals surface area contributed by atoms with Crippen LogP contribution in [0.3, 0.4) is 0 Å². The van der Waals surface area contributed by atoms with Crippen LogP contribution in [-0.2, 0) is 9.59 Å². The molecule has 102 valence electrons. The maximum Gasteiger partial charge on any atom is 0.326 e. The van der Waals surface area contributed by atoms with Crippen molar-refractivity contribution in [3.8, 4) is 0 Å². The Bertz CT molecular complexity index is 506. The lowest BCUT2D eigenvalue weighted by Crippen LogP contribution is -2.41. The Hall–Kier alpha value is -2.15. The van der Waals surface area contributed by atoms with Crippen molar-refractivity contribution in [2.75, 3.05) is 0 Å². The molecule has 0 fully saturated rings. The molecular formula is C11H12ClN3O4. The number of nitrogens with one attached hydrogen (secondary N) is 1. The van der Waals surface area contributed by atoms with E-state index in [-0.39, 0.29) is 23.4 Å². The third-order valence-electron chi connectivity index (χ3n) is 2.30. The van der Waals surface area contributed by atoms with E-state index in [1.165, 1.54) is 18.5 Å². The highest BCUT2D eigenvalue weighted by atomic mass is 35.5. The first-order valence-corrected chi connectivity index (χ1v) is 5.71. The molecule has 1 heterocycles. The number of amides is 2. The summed E-state index contributed by atoms with van der Waals surface area (Å²) in [5, 5.41) is 11.4. The SMILES string of the molecule is NC(=O)CC[C@H](NC(=O)c1cnccc1Cl)C(=O)O. The number of halogens is 1. The van der Waals surface area contributed by atoms with Crippen molar-refractivity contribution in [1.29, 1.82) is 0 Å². The van der Waals surface area contributed by atoms with Crippen molar-refractivity contribution in [2.45, 2.75) is 18.9 Å². The summed E-state index contributed by atoms with van der Waals surface area (Å²) in [7, 11) is 0. The van der Waals surface area contributed by atoms with E-state index in [0.29, 0.717) is 0 Å². The number of nitrogens with zero attached hydrogens (tertiary/aromatic N) is 1. The number of aliphatic carboxylic acids is 1. The summed E-state index contributed by atoms with van der Waals surface area (Å²) in [6.07, 6.45) is 2.40. The molecule has 1 rings (SSSR count). The molecule has 19 heavy (non-hydrogen) atoms. The molecular weight excluding hydrogens is 274 g/mol. The van der Waals surface area contributed by atoms with E-state index < -0.39 is 23.8 Å². The zero-order valence-corrected chi connectivity index (χ0v) is 10.6. The summed E-state index contributed by atoms with van der Waals surface area (Å²) in [6.45, 7) is 0. The monoisotopic (exact) mass is 285 g/mol. The lowest BCUT2D eigenvalue weighted by atomic mass is 10.1. The first kappa shape index (κ1) is 14.9. The average molecular weight is 286 g/mol. The zero-order valence-electron chi connectivity index (χ0n) is 9.80. The Morgan fingerprint density at radius 3 is 2.68 bits per heavy atom. The molecule has 0 unspecified atom stereocenters. The van der Waals surface area contributed by atoms with E-state index in [0.717, 1.165) is 0 Å². The number of hydrogen-bond donors (Lipinski definition) is 3. The van der Waals surface area contributed by atoms with Gasteiger partial charge in [-0.05, 0) is 12.5 Å². The number of carboxylic acids is 1. The third-order valence-corrected chi connectivity index (χ3v) is 2.62. The van der Waals surface area contributed by atoms with Crippen molar-refractivity contribution in [1.82, 2.24) is 10.3 Å². The van der Waals surface area contributed by atoms with Crippen LogP contribution < -0.4 is 11.1 Å². The standard InChI is InChI=1S/C11H12ClN3O4/c12-7-3-4-14-5-6(7)10(17)15-8(11(18)19)1-2-9(13)16/h3-5,8H,1-2H2,(H2,13,16)(H,15,17)(H,18,19)/t8-/m0/s1. The highest BCUT2D eigenvalue weighted by Gasteiger charge is 2.22. The fourth-order valence-electron chi connectivity index (χ4n) is 1.32. The number of pyridine rings is 1. The van der Waals surface area contributed by atoms with Gasteiger partial charge in [-0.1, -0.05) is 11.6 Å². The van der Waals surface area contributed by atoms with Crippen LogP contribution in [0.4, 0.5) is 0 Å². The molecule has 1 aromatic heterocycles. The number of nitrogens with two attached hydrogens (primary N) is 1. The Morgan fingerprint density at radius 2 is 2.16 bits per heavy atom. The summed E-state index contributed by atoms with van der Waals surface area (Å²) < 4.78 is 0. The molecule has 7 nitrogen and oxygen atoms in total. The molecule has 1 atom stereocenters. The second-order valence-corrected chi connectivity index (χ2v) is 4.13. The number of carboxylic acid groups (broad SMARTS) is 1. The van der Waals surface area contributed by atoms with Crippen LogP contribution in [0.15, 0.2) is 18.5 Å². The lowest BCUT2D eigenvalue weighted by Gasteiger charge is -2.14. The van der Waals surface area contributed by atoms with Gasteiger partial charge in [0.15, 0.2) is 0 Å². The minimum atomic E-state index is -1.25. The Balaban J connectivity index is 2.74. The molecule has 0 saturated heterocycles. The molecule has 0 aliphatic carbocycles. The molecule has 0 saturated carbocycles. The highest BCUT2D eigenvalue weighted by molar-refractivity contribution is 6.33. The number of carbonyl (C=O) groups is 3. The number of primary amides is 1. The molecule has 0 aliphatic rings. The molecule has 0 radical (unpaired) electrons. The molecule has 0 bridgehead atoms. The van der Waals surface area contributed by atoms with Gasteiger partial charge in [0.05, 0.1) is 10.6 Å².